The molecule has 0 saturated carbocycles. The van der Waals surface area contributed by atoms with Crippen molar-refractivity contribution in [1.29, 1.82) is 0 Å². The Kier molecular flexibility index (Phi) is 2.58. The second kappa shape index (κ2) is 3.66. The molecule has 0 saturated heterocycles. The molecule has 5 heteroatoms. The molecule has 0 heterocycles. The summed E-state index contributed by atoms with van der Waals surface area (Å²) in [6.07, 6.45) is 0. The molecule has 0 aromatic heterocycles. The standard InChI is InChI=1S/C7H6BNO3/c9-7(10)5-2-1-3-6(4-5)12-8-11/h1-4H,(H2,9,10). The van der Waals surface area contributed by atoms with E-state index >= 15 is 0 Å². The van der Waals surface area contributed by atoms with Crippen molar-refractivity contribution < 1.29 is 14.2 Å². The van der Waals surface area contributed by atoms with Crippen molar-refractivity contribution in [1.82, 2.24) is 0 Å². The van der Waals surface area contributed by atoms with Crippen LogP contribution in [0.4, 0.5) is 0 Å². The van der Waals surface area contributed by atoms with Crippen LogP contribution < -0.4 is 10.4 Å². The number of carbonyl (C=O) groups excluding carboxylic acids is 1. The Bertz CT molecular complexity index is 313. The van der Waals surface area contributed by atoms with Crippen LogP contribution in [-0.4, -0.2) is 13.3 Å². The summed E-state index contributed by atoms with van der Waals surface area (Å²) < 4.78 is 14.4. The van der Waals surface area contributed by atoms with E-state index < -0.39 is 5.91 Å². The Hall–Kier alpha value is -1.65. The van der Waals surface area contributed by atoms with Crippen molar-refractivity contribution in [3.8, 4) is 5.75 Å². The van der Waals surface area contributed by atoms with Crippen molar-refractivity contribution in [2.75, 3.05) is 0 Å². The first kappa shape index (κ1) is 8.45. The minimum atomic E-state index is -0.550. The van der Waals surface area contributed by atoms with E-state index in [2.05, 4.69) is 4.65 Å². The molecule has 1 aromatic carbocycles. The minimum absolute atomic E-state index is 0.292. The van der Waals surface area contributed by atoms with E-state index in [0.717, 1.165) is 0 Å². The quantitative estimate of drug-likeness (QED) is 0.643. The van der Waals surface area contributed by atoms with Crippen LogP contribution in [0.3, 0.4) is 0 Å². The number of primary amides is 1. The molecule has 0 aliphatic carbocycles. The molecule has 0 spiro atoms. The SMILES string of the molecule is NC(=O)c1cccc(OB=O)c1. The van der Waals surface area contributed by atoms with Crippen LogP contribution in [0.25, 0.3) is 0 Å². The topological polar surface area (TPSA) is 69.4 Å². The zero-order chi connectivity index (χ0) is 8.97. The summed E-state index contributed by atoms with van der Waals surface area (Å²) in [7, 11) is 0.292. The molecule has 0 aliphatic heterocycles. The number of rotatable bonds is 3. The van der Waals surface area contributed by atoms with Gasteiger partial charge in [0.15, 0.2) is 0 Å². The molecule has 0 unspecified atom stereocenters. The van der Waals surface area contributed by atoms with Gasteiger partial charge in [-0.15, -0.1) is 0 Å². The molecule has 0 radical (unpaired) electrons. The van der Waals surface area contributed by atoms with E-state index in [1.54, 1.807) is 18.2 Å². The first-order valence-electron chi connectivity index (χ1n) is 3.24. The Morgan fingerprint density at radius 1 is 1.50 bits per heavy atom. The van der Waals surface area contributed by atoms with Crippen LogP contribution in [0.15, 0.2) is 24.3 Å². The zero-order valence-corrected chi connectivity index (χ0v) is 6.19. The zero-order valence-electron chi connectivity index (χ0n) is 6.19. The van der Waals surface area contributed by atoms with Gasteiger partial charge in [-0.25, -0.2) is 0 Å². The van der Waals surface area contributed by atoms with Crippen LogP contribution in [0.5, 0.6) is 5.75 Å². The van der Waals surface area contributed by atoms with Crippen molar-refractivity contribution in [3.63, 3.8) is 0 Å². The van der Waals surface area contributed by atoms with Crippen molar-refractivity contribution in [2.45, 2.75) is 0 Å². The summed E-state index contributed by atoms with van der Waals surface area (Å²) in [5.41, 5.74) is 5.31. The normalized spacial score (nSPS) is 8.67. The van der Waals surface area contributed by atoms with E-state index in [-0.39, 0.29) is 0 Å². The molecule has 1 amide bonds. The van der Waals surface area contributed by atoms with Crippen molar-refractivity contribution in [3.05, 3.63) is 29.8 Å². The molecule has 0 atom stereocenters. The van der Waals surface area contributed by atoms with Crippen LogP contribution in [0.2, 0.25) is 0 Å². The third kappa shape index (κ3) is 1.92. The molecule has 0 bridgehead atoms. The fourth-order valence-electron chi connectivity index (χ4n) is 0.778. The number of amides is 1. The summed E-state index contributed by atoms with van der Waals surface area (Å²) in [6, 6.07) is 6.08. The van der Waals surface area contributed by atoms with Crippen LogP contribution in [0, 0.1) is 0 Å². The van der Waals surface area contributed by atoms with Gasteiger partial charge in [-0.3, -0.25) is 0 Å². The van der Waals surface area contributed by atoms with Crippen LogP contribution in [-0.2, 0) is 4.70 Å². The second-order valence-corrected chi connectivity index (χ2v) is 2.11. The summed E-state index contributed by atoms with van der Waals surface area (Å²) in [5, 5.41) is 0. The molecule has 4 nitrogen and oxygen atoms in total. The van der Waals surface area contributed by atoms with Gasteiger partial charge in [0.25, 0.3) is 0 Å². The Morgan fingerprint density at radius 2 is 2.25 bits per heavy atom. The van der Waals surface area contributed by atoms with Gasteiger partial charge in [0.05, 0.1) is 0 Å². The predicted octanol–water partition coefficient (Wildman–Crippen LogP) is 0.129. The fourth-order valence-corrected chi connectivity index (χ4v) is 0.778. The predicted molar refractivity (Wildman–Crippen MR) is 42.0 cm³/mol. The summed E-state index contributed by atoms with van der Waals surface area (Å²) in [6.45, 7) is 0. The number of hydrogen-bond acceptors (Lipinski definition) is 3. The molecule has 1 aromatic rings. The number of benzene rings is 1. The summed E-state index contributed by atoms with van der Waals surface area (Å²) in [4.78, 5) is 10.6. The number of hydrogen-bond donors (Lipinski definition) is 1. The van der Waals surface area contributed by atoms with Gasteiger partial charge in [-0.2, -0.15) is 0 Å². The Balaban J connectivity index is 2.95. The first-order chi connectivity index (χ1) is 5.74. The van der Waals surface area contributed by atoms with Gasteiger partial charge in [0.2, 0.25) is 0 Å². The molecule has 12 heavy (non-hydrogen) atoms. The van der Waals surface area contributed by atoms with E-state index in [1.165, 1.54) is 6.07 Å². The third-order valence-corrected chi connectivity index (χ3v) is 1.30. The molecule has 60 valence electrons. The van der Waals surface area contributed by atoms with Crippen molar-refractivity contribution >= 4 is 13.3 Å². The Morgan fingerprint density at radius 3 is 2.83 bits per heavy atom. The van der Waals surface area contributed by atoms with Gasteiger partial charge < -0.3 is 0 Å². The first-order valence-corrected chi connectivity index (χ1v) is 3.24. The maximum atomic E-state index is 10.6. The van der Waals surface area contributed by atoms with Gasteiger partial charge in [-0.05, 0) is 0 Å². The van der Waals surface area contributed by atoms with Gasteiger partial charge in [-0.1, -0.05) is 0 Å². The average molecular weight is 163 g/mol. The monoisotopic (exact) mass is 163 g/mol. The number of carbonyl (C=O) groups is 1. The number of nitrogens with two attached hydrogens (primary N) is 1. The molecular formula is C7H6BNO3. The van der Waals surface area contributed by atoms with Crippen LogP contribution in [0.1, 0.15) is 10.4 Å². The third-order valence-electron chi connectivity index (χ3n) is 1.30. The van der Waals surface area contributed by atoms with E-state index in [9.17, 15) is 9.50 Å². The van der Waals surface area contributed by atoms with Gasteiger partial charge >= 0.3 is 68.7 Å². The molecule has 0 aliphatic rings. The Labute approximate surface area is 69.6 Å². The molecule has 0 fully saturated rings. The van der Waals surface area contributed by atoms with Crippen molar-refractivity contribution in [2.24, 2.45) is 5.73 Å². The van der Waals surface area contributed by atoms with Crippen LogP contribution >= 0.6 is 0 Å². The second-order valence-electron chi connectivity index (χ2n) is 2.11. The van der Waals surface area contributed by atoms with E-state index in [1.807, 2.05) is 0 Å². The average Bonchev–Trinajstić information content (AvgIpc) is 2.05. The maximum absolute atomic E-state index is 10.6. The molecule has 2 N–H and O–H groups in total. The van der Waals surface area contributed by atoms with E-state index in [4.69, 9.17) is 5.73 Å². The fraction of sp³-hybridized carbons (Fsp3) is 0. The summed E-state index contributed by atoms with van der Waals surface area (Å²) >= 11 is 0. The van der Waals surface area contributed by atoms with E-state index in [0.29, 0.717) is 18.7 Å². The van der Waals surface area contributed by atoms with Gasteiger partial charge in [0.1, 0.15) is 0 Å². The summed E-state index contributed by atoms with van der Waals surface area (Å²) in [5.74, 6) is -0.243. The molecule has 1 rings (SSSR count). The van der Waals surface area contributed by atoms with Gasteiger partial charge in [0, 0.05) is 0 Å². The molecular weight excluding hydrogens is 157 g/mol.